The van der Waals surface area contributed by atoms with Gasteiger partial charge < -0.3 is 20.6 Å². The van der Waals surface area contributed by atoms with Crippen molar-refractivity contribution < 1.29 is 28.9 Å². The Bertz CT molecular complexity index is 1220. The minimum atomic E-state index is -1.24. The zero-order chi connectivity index (χ0) is 27.6. The molecule has 2 aromatic carbocycles. The first-order valence-corrected chi connectivity index (χ1v) is 13.2. The molecule has 4 rings (SSSR count). The molecule has 4 N–H and O–H groups in total. The highest BCUT2D eigenvalue weighted by Gasteiger charge is 2.57. The van der Waals surface area contributed by atoms with E-state index in [4.69, 9.17) is 28.3 Å². The van der Waals surface area contributed by atoms with Crippen molar-refractivity contribution in [3.8, 4) is 6.19 Å². The number of hydrogen-bond donors (Lipinski definition) is 4. The number of aliphatic hydroxyl groups is 3. The smallest absolute Gasteiger partial charge is 0.244 e. The van der Waals surface area contributed by atoms with Gasteiger partial charge in [0.1, 0.15) is 17.7 Å². The zero-order valence-electron chi connectivity index (χ0n) is 20.5. The quantitative estimate of drug-likeness (QED) is 0.325. The summed E-state index contributed by atoms with van der Waals surface area (Å²) in [6.45, 7) is -0.625. The molecule has 2 aliphatic rings. The summed E-state index contributed by atoms with van der Waals surface area (Å²) in [6, 6.07) is 6.51. The van der Waals surface area contributed by atoms with Gasteiger partial charge in [-0.2, -0.15) is 5.26 Å². The van der Waals surface area contributed by atoms with Crippen molar-refractivity contribution >= 4 is 29.1 Å². The first-order chi connectivity index (χ1) is 18.2. The second kappa shape index (κ2) is 11.7. The van der Waals surface area contributed by atoms with Crippen LogP contribution in [0.25, 0.3) is 0 Å². The second-order valence-corrected chi connectivity index (χ2v) is 11.0. The van der Waals surface area contributed by atoms with Gasteiger partial charge in [0.15, 0.2) is 6.19 Å². The number of nitrogens with zero attached hydrogens (tertiary/aromatic N) is 2. The standard InChI is InChI=1S/C27H29Cl2F2N3O4/c28-15-4-5-17(20(30)10-15)22-21(11-27(13-36)7-8-27)34(14-32)25(26(38)33-9-6-16(37)12-35)23(22)18-2-1-3-19(29)24(18)31/h1-5,10,16,21-23,25,35-37H,6-9,11-13H2,(H,33,38)/t16-,21-,22+,23+,25+/m0/s1. The van der Waals surface area contributed by atoms with E-state index >= 15 is 8.78 Å². The molecule has 2 fully saturated rings. The molecule has 5 atom stereocenters. The molecule has 0 bridgehead atoms. The Hall–Kier alpha value is -2.48. The van der Waals surface area contributed by atoms with Crippen LogP contribution in [0.5, 0.6) is 0 Å². The Morgan fingerprint density at radius 3 is 2.53 bits per heavy atom. The number of amides is 1. The molecule has 0 aromatic heterocycles. The van der Waals surface area contributed by atoms with Crippen LogP contribution in [0.3, 0.4) is 0 Å². The van der Waals surface area contributed by atoms with Crippen molar-refractivity contribution in [2.45, 2.75) is 55.7 Å². The highest BCUT2D eigenvalue weighted by molar-refractivity contribution is 6.31. The van der Waals surface area contributed by atoms with Gasteiger partial charge in [0.05, 0.1) is 17.7 Å². The summed E-state index contributed by atoms with van der Waals surface area (Å²) in [4.78, 5) is 14.9. The third-order valence-corrected chi connectivity index (χ3v) is 8.29. The van der Waals surface area contributed by atoms with Crippen LogP contribution in [-0.4, -0.2) is 64.1 Å². The van der Waals surface area contributed by atoms with Crippen LogP contribution in [0.4, 0.5) is 8.78 Å². The number of carbonyl (C=O) groups excluding carboxylic acids is 1. The van der Waals surface area contributed by atoms with Crippen LogP contribution in [0, 0.1) is 28.5 Å². The molecule has 2 aromatic rings. The molecule has 1 amide bonds. The van der Waals surface area contributed by atoms with Crippen LogP contribution in [0.2, 0.25) is 10.0 Å². The minimum Gasteiger partial charge on any atom is -0.396 e. The fourth-order valence-corrected chi connectivity index (χ4v) is 5.90. The van der Waals surface area contributed by atoms with Gasteiger partial charge in [0.25, 0.3) is 0 Å². The van der Waals surface area contributed by atoms with E-state index in [1.807, 2.05) is 0 Å². The first kappa shape index (κ1) is 28.5. The lowest BCUT2D eigenvalue weighted by molar-refractivity contribution is -0.125. The number of nitriles is 1. The molecule has 1 heterocycles. The molecule has 204 valence electrons. The van der Waals surface area contributed by atoms with E-state index in [0.29, 0.717) is 12.8 Å². The highest BCUT2D eigenvalue weighted by atomic mass is 35.5. The molecule has 0 radical (unpaired) electrons. The molecule has 1 saturated carbocycles. The molecular weight excluding hydrogens is 539 g/mol. The third-order valence-electron chi connectivity index (χ3n) is 7.77. The average molecular weight is 568 g/mol. The number of halogens is 4. The van der Waals surface area contributed by atoms with E-state index < -0.39 is 59.6 Å². The number of rotatable bonds is 10. The van der Waals surface area contributed by atoms with Gasteiger partial charge in [0.2, 0.25) is 5.91 Å². The van der Waals surface area contributed by atoms with E-state index in [-0.39, 0.29) is 47.2 Å². The van der Waals surface area contributed by atoms with Crippen LogP contribution in [0.1, 0.15) is 48.6 Å². The monoisotopic (exact) mass is 567 g/mol. The summed E-state index contributed by atoms with van der Waals surface area (Å²) in [7, 11) is 0. The van der Waals surface area contributed by atoms with E-state index in [2.05, 4.69) is 11.5 Å². The molecule has 1 aliphatic heterocycles. The normalized spacial score (nSPS) is 24.6. The third kappa shape index (κ3) is 5.61. The number of carbonyl (C=O) groups is 1. The van der Waals surface area contributed by atoms with E-state index in [9.17, 15) is 20.3 Å². The van der Waals surface area contributed by atoms with Crippen LogP contribution in [-0.2, 0) is 4.79 Å². The maximum atomic E-state index is 15.5. The Labute approximate surface area is 229 Å². The van der Waals surface area contributed by atoms with Crippen molar-refractivity contribution in [2.75, 3.05) is 19.8 Å². The summed E-state index contributed by atoms with van der Waals surface area (Å²) >= 11 is 12.1. The van der Waals surface area contributed by atoms with Crippen molar-refractivity contribution in [1.82, 2.24) is 10.2 Å². The average Bonchev–Trinajstić information content (AvgIpc) is 3.60. The molecule has 0 spiro atoms. The van der Waals surface area contributed by atoms with Crippen molar-refractivity contribution in [1.29, 1.82) is 5.26 Å². The van der Waals surface area contributed by atoms with Gasteiger partial charge in [-0.3, -0.25) is 9.69 Å². The maximum Gasteiger partial charge on any atom is 0.244 e. The lowest BCUT2D eigenvalue weighted by atomic mass is 9.75. The zero-order valence-corrected chi connectivity index (χ0v) is 22.0. The highest BCUT2D eigenvalue weighted by Crippen LogP contribution is 2.57. The Balaban J connectivity index is 1.86. The van der Waals surface area contributed by atoms with E-state index in [1.165, 1.54) is 35.2 Å². The molecular formula is C27H29Cl2F2N3O4. The number of benzene rings is 2. The van der Waals surface area contributed by atoms with Gasteiger partial charge in [-0.15, -0.1) is 0 Å². The topological polar surface area (TPSA) is 117 Å². The van der Waals surface area contributed by atoms with Crippen molar-refractivity contribution in [3.63, 3.8) is 0 Å². The second-order valence-electron chi connectivity index (χ2n) is 10.2. The summed E-state index contributed by atoms with van der Waals surface area (Å²) in [5.41, 5.74) is -0.248. The summed E-state index contributed by atoms with van der Waals surface area (Å²) in [5.74, 6) is -3.92. The fourth-order valence-electron chi connectivity index (χ4n) is 5.56. The molecule has 0 unspecified atom stereocenters. The van der Waals surface area contributed by atoms with E-state index in [0.717, 1.165) is 6.07 Å². The Kier molecular flexibility index (Phi) is 8.80. The lowest BCUT2D eigenvalue weighted by Crippen LogP contribution is -2.46. The predicted molar refractivity (Wildman–Crippen MR) is 137 cm³/mol. The van der Waals surface area contributed by atoms with Crippen LogP contribution < -0.4 is 5.32 Å². The summed E-state index contributed by atoms with van der Waals surface area (Å²) in [6.07, 6.45) is 2.81. The van der Waals surface area contributed by atoms with Crippen molar-refractivity contribution in [2.24, 2.45) is 5.41 Å². The van der Waals surface area contributed by atoms with Gasteiger partial charge in [-0.05, 0) is 60.4 Å². The number of aliphatic hydroxyl groups excluding tert-OH is 3. The SMILES string of the molecule is N#CN1[C@@H](CC2(CO)CC2)[C@@H](c2ccc(Cl)cc2F)[C@@H](c2cccc(Cl)c2F)[C@@H]1C(=O)NCC[C@H](O)CO. The largest absolute Gasteiger partial charge is 0.396 e. The lowest BCUT2D eigenvalue weighted by Gasteiger charge is -2.29. The number of nitrogens with one attached hydrogen (secondary N) is 1. The van der Waals surface area contributed by atoms with Crippen LogP contribution in [0.15, 0.2) is 36.4 Å². The molecule has 11 heteroatoms. The van der Waals surface area contributed by atoms with Gasteiger partial charge in [-0.25, -0.2) is 8.78 Å². The van der Waals surface area contributed by atoms with Gasteiger partial charge in [-0.1, -0.05) is 41.4 Å². The molecule has 1 saturated heterocycles. The van der Waals surface area contributed by atoms with Crippen LogP contribution >= 0.6 is 23.2 Å². The number of hydrogen-bond acceptors (Lipinski definition) is 6. The molecule has 1 aliphatic carbocycles. The Morgan fingerprint density at radius 1 is 1.18 bits per heavy atom. The van der Waals surface area contributed by atoms with Crippen molar-refractivity contribution in [3.05, 3.63) is 69.2 Å². The fraction of sp³-hybridized carbons (Fsp3) is 0.481. The minimum absolute atomic E-state index is 0.00765. The summed E-state index contributed by atoms with van der Waals surface area (Å²) < 4.78 is 31.0. The summed E-state index contributed by atoms with van der Waals surface area (Å²) in [5, 5.41) is 41.8. The van der Waals surface area contributed by atoms with Gasteiger partial charge in [0, 0.05) is 36.1 Å². The number of likely N-dealkylation sites (tertiary alicyclic amines) is 1. The van der Waals surface area contributed by atoms with E-state index in [1.54, 1.807) is 0 Å². The molecule has 7 nitrogen and oxygen atoms in total. The maximum absolute atomic E-state index is 15.5. The first-order valence-electron chi connectivity index (χ1n) is 12.4. The van der Waals surface area contributed by atoms with Gasteiger partial charge >= 0.3 is 0 Å². The Morgan fingerprint density at radius 2 is 1.92 bits per heavy atom. The molecule has 38 heavy (non-hydrogen) atoms. The predicted octanol–water partition coefficient (Wildman–Crippen LogP) is 3.69.